The van der Waals surface area contributed by atoms with Crippen molar-refractivity contribution < 1.29 is 35.9 Å². The molecule has 8 nitrogen and oxygen atoms in total. The largest absolute Gasteiger partial charge is 0.497 e. The molecule has 2 aliphatic rings. The number of ether oxygens (including phenoxy) is 1. The van der Waals surface area contributed by atoms with Crippen LogP contribution in [0, 0.1) is 5.92 Å². The maximum absolute atomic E-state index is 13.3. The molecule has 1 saturated heterocycles. The Balaban J connectivity index is 1.76. The maximum atomic E-state index is 13.3. The molecule has 2 unspecified atom stereocenters. The molecule has 1 aromatic carbocycles. The predicted octanol–water partition coefficient (Wildman–Crippen LogP) is 2.10. The maximum Gasteiger partial charge on any atom is 0.416 e. The second kappa shape index (κ2) is 10.2. The summed E-state index contributed by atoms with van der Waals surface area (Å²) in [5, 5.41) is 2.64. The number of piperazine rings is 1. The second-order valence-electron chi connectivity index (χ2n) is 8.03. The lowest BCUT2D eigenvalue weighted by atomic mass is 9.96. The van der Waals surface area contributed by atoms with E-state index in [9.17, 15) is 31.2 Å². The van der Waals surface area contributed by atoms with E-state index in [0.717, 1.165) is 16.5 Å². The highest BCUT2D eigenvalue weighted by molar-refractivity contribution is 7.89. The highest BCUT2D eigenvalue weighted by atomic mass is 32.2. The second-order valence-corrected chi connectivity index (χ2v) is 9.92. The average molecular weight is 502 g/mol. The van der Waals surface area contributed by atoms with E-state index < -0.39 is 33.7 Å². The highest BCUT2D eigenvalue weighted by Gasteiger charge is 2.41. The van der Waals surface area contributed by atoms with Gasteiger partial charge in [0.25, 0.3) is 0 Å². The molecular formula is C22H26F3N3O5S. The quantitative estimate of drug-likeness (QED) is 0.644. The van der Waals surface area contributed by atoms with Gasteiger partial charge in [0.1, 0.15) is 11.8 Å². The van der Waals surface area contributed by atoms with Gasteiger partial charge in [-0.15, -0.1) is 0 Å². The Labute approximate surface area is 196 Å². The molecule has 34 heavy (non-hydrogen) atoms. The van der Waals surface area contributed by atoms with Crippen molar-refractivity contribution >= 4 is 21.8 Å². The van der Waals surface area contributed by atoms with E-state index in [0.29, 0.717) is 5.75 Å². The molecule has 186 valence electrons. The van der Waals surface area contributed by atoms with Crippen molar-refractivity contribution in [1.29, 1.82) is 0 Å². The van der Waals surface area contributed by atoms with Crippen LogP contribution in [0.3, 0.4) is 0 Å². The number of hydrogen-bond donors (Lipinski definition) is 1. The molecule has 0 spiro atoms. The molecule has 2 amide bonds. The molecule has 12 heteroatoms. The zero-order valence-electron chi connectivity index (χ0n) is 18.7. The summed E-state index contributed by atoms with van der Waals surface area (Å²) in [6.45, 7) is 1.26. The molecule has 1 aliphatic carbocycles. The third-order valence-corrected chi connectivity index (χ3v) is 7.69. The van der Waals surface area contributed by atoms with Gasteiger partial charge < -0.3 is 15.0 Å². The molecule has 0 radical (unpaired) electrons. The number of methoxy groups -OCH3 is 1. The number of halogens is 3. The minimum Gasteiger partial charge on any atom is -0.497 e. The lowest BCUT2D eigenvalue weighted by Gasteiger charge is -2.39. The predicted molar refractivity (Wildman–Crippen MR) is 117 cm³/mol. The van der Waals surface area contributed by atoms with Crippen molar-refractivity contribution in [3.8, 4) is 5.75 Å². The van der Waals surface area contributed by atoms with Crippen LogP contribution in [0.1, 0.15) is 13.3 Å². The number of carbonyl (C=O) groups excluding carboxylic acids is 2. The van der Waals surface area contributed by atoms with Crippen LogP contribution in [0.25, 0.3) is 0 Å². The Morgan fingerprint density at radius 1 is 1.24 bits per heavy atom. The molecule has 1 fully saturated rings. The van der Waals surface area contributed by atoms with Gasteiger partial charge in [-0.2, -0.15) is 17.5 Å². The summed E-state index contributed by atoms with van der Waals surface area (Å²) in [5.41, 5.74) is -0.741. The van der Waals surface area contributed by atoms with Crippen molar-refractivity contribution in [2.75, 3.05) is 33.3 Å². The first-order valence-corrected chi connectivity index (χ1v) is 12.0. The number of amides is 2. The van der Waals surface area contributed by atoms with Crippen LogP contribution in [0.2, 0.25) is 0 Å². The van der Waals surface area contributed by atoms with E-state index >= 15 is 0 Å². The van der Waals surface area contributed by atoms with Gasteiger partial charge in [0.05, 0.1) is 17.6 Å². The molecule has 0 aromatic heterocycles. The van der Waals surface area contributed by atoms with Gasteiger partial charge in [-0.25, -0.2) is 8.42 Å². The molecule has 1 aromatic rings. The molecule has 0 bridgehead atoms. The van der Waals surface area contributed by atoms with Crippen molar-refractivity contribution in [2.45, 2.75) is 30.5 Å². The van der Waals surface area contributed by atoms with Gasteiger partial charge in [0, 0.05) is 39.2 Å². The minimum absolute atomic E-state index is 0.0284. The topological polar surface area (TPSA) is 96.0 Å². The van der Waals surface area contributed by atoms with Crippen molar-refractivity contribution in [3.63, 3.8) is 0 Å². The van der Waals surface area contributed by atoms with Crippen molar-refractivity contribution in [3.05, 3.63) is 48.1 Å². The van der Waals surface area contributed by atoms with Gasteiger partial charge in [0.2, 0.25) is 21.8 Å². The Bertz CT molecular complexity index is 1100. The Morgan fingerprint density at radius 2 is 1.97 bits per heavy atom. The van der Waals surface area contributed by atoms with E-state index in [1.807, 2.05) is 0 Å². The standard InChI is InChI=1S/C22H26F3N3O5S/c1-15(29)27-10-11-28(34(31,32)19-5-3-4-18(12-19)33-2)20(14-27)21(30)26-13-16-6-8-17(9-7-16)22(23,24)25/h3-6,8-9,12,16,20H,7,10-11,13-14H2,1-2H3,(H,26,30). The van der Waals surface area contributed by atoms with Gasteiger partial charge in [-0.05, 0) is 24.5 Å². The van der Waals surface area contributed by atoms with E-state index in [1.54, 1.807) is 6.07 Å². The zero-order chi connectivity index (χ0) is 25.1. The Morgan fingerprint density at radius 3 is 2.56 bits per heavy atom. The van der Waals surface area contributed by atoms with Crippen LogP contribution >= 0.6 is 0 Å². The van der Waals surface area contributed by atoms with Crippen molar-refractivity contribution in [1.82, 2.24) is 14.5 Å². The van der Waals surface area contributed by atoms with Crippen LogP contribution < -0.4 is 10.1 Å². The fourth-order valence-corrected chi connectivity index (χ4v) is 5.43. The number of hydrogen-bond acceptors (Lipinski definition) is 5. The summed E-state index contributed by atoms with van der Waals surface area (Å²) >= 11 is 0. The molecule has 2 atom stereocenters. The number of rotatable bonds is 6. The number of allylic oxidation sites excluding steroid dienone is 3. The van der Waals surface area contributed by atoms with Gasteiger partial charge in [0.15, 0.2) is 0 Å². The van der Waals surface area contributed by atoms with E-state index in [2.05, 4.69) is 5.32 Å². The third-order valence-electron chi connectivity index (χ3n) is 5.78. The molecular weight excluding hydrogens is 475 g/mol. The van der Waals surface area contributed by atoms with Crippen LogP contribution in [0.15, 0.2) is 53.0 Å². The number of nitrogens with one attached hydrogen (secondary N) is 1. The lowest BCUT2D eigenvalue weighted by Crippen LogP contribution is -2.61. The SMILES string of the molecule is COc1cccc(S(=O)(=O)N2CCN(C(C)=O)CC2C(=O)NCC2C=CC(C(F)(F)F)=CC2)c1. The number of nitrogens with zero attached hydrogens (tertiary/aromatic N) is 2. The van der Waals surface area contributed by atoms with E-state index in [4.69, 9.17) is 4.74 Å². The molecule has 1 heterocycles. The first-order valence-electron chi connectivity index (χ1n) is 10.6. The number of alkyl halides is 3. The van der Waals surface area contributed by atoms with E-state index in [1.165, 1.54) is 43.2 Å². The number of sulfonamides is 1. The van der Waals surface area contributed by atoms with Crippen LogP contribution in [0.5, 0.6) is 5.75 Å². The van der Waals surface area contributed by atoms with Crippen LogP contribution in [0.4, 0.5) is 13.2 Å². The van der Waals surface area contributed by atoms with Crippen LogP contribution in [-0.2, 0) is 19.6 Å². The Kier molecular flexibility index (Phi) is 7.71. The fourth-order valence-electron chi connectivity index (χ4n) is 3.83. The van der Waals surface area contributed by atoms with Gasteiger partial charge in [-0.3, -0.25) is 9.59 Å². The van der Waals surface area contributed by atoms with E-state index in [-0.39, 0.29) is 49.3 Å². The monoisotopic (exact) mass is 501 g/mol. The summed E-state index contributed by atoms with van der Waals surface area (Å²) in [4.78, 5) is 26.3. The minimum atomic E-state index is -4.43. The van der Waals surface area contributed by atoms with Gasteiger partial charge in [-0.1, -0.05) is 24.3 Å². The molecule has 1 aliphatic heterocycles. The zero-order valence-corrected chi connectivity index (χ0v) is 19.5. The number of carbonyl (C=O) groups is 2. The number of benzene rings is 1. The lowest BCUT2D eigenvalue weighted by molar-refractivity contribution is -0.134. The molecule has 0 saturated carbocycles. The summed E-state index contributed by atoms with van der Waals surface area (Å²) < 4.78 is 71.2. The summed E-state index contributed by atoms with van der Waals surface area (Å²) in [6, 6.07) is 4.65. The average Bonchev–Trinajstić information content (AvgIpc) is 2.81. The summed E-state index contributed by atoms with van der Waals surface area (Å²) in [5.74, 6) is -0.960. The highest BCUT2D eigenvalue weighted by Crippen LogP contribution is 2.31. The third kappa shape index (κ3) is 5.79. The van der Waals surface area contributed by atoms with Crippen molar-refractivity contribution in [2.24, 2.45) is 5.92 Å². The fraction of sp³-hybridized carbons (Fsp3) is 0.455. The first kappa shape index (κ1) is 25.8. The first-order chi connectivity index (χ1) is 15.9. The summed E-state index contributed by atoms with van der Waals surface area (Å²) in [7, 11) is -2.70. The molecule has 3 rings (SSSR count). The van der Waals surface area contributed by atoms with Crippen LogP contribution in [-0.4, -0.2) is 74.9 Å². The summed E-state index contributed by atoms with van der Waals surface area (Å²) in [6.07, 6.45) is -0.942. The Hall–Kier alpha value is -2.86. The normalized spacial score (nSPS) is 21.7. The van der Waals surface area contributed by atoms with Gasteiger partial charge >= 0.3 is 6.18 Å². The smallest absolute Gasteiger partial charge is 0.416 e. The molecule has 1 N–H and O–H groups in total.